The van der Waals surface area contributed by atoms with Crippen LogP contribution in [0.15, 0.2) is 24.3 Å². The highest BCUT2D eigenvalue weighted by atomic mass is 16.5. The topological polar surface area (TPSA) is 93.5 Å². The molecule has 20 heavy (non-hydrogen) atoms. The summed E-state index contributed by atoms with van der Waals surface area (Å²) >= 11 is 0. The number of ether oxygens (including phenoxy) is 1. The first-order valence-electron chi connectivity index (χ1n) is 6.41. The molecule has 1 atom stereocenters. The highest BCUT2D eigenvalue weighted by Crippen LogP contribution is 2.11. The van der Waals surface area contributed by atoms with Crippen molar-refractivity contribution in [2.24, 2.45) is 5.73 Å². The van der Waals surface area contributed by atoms with Gasteiger partial charge in [0.25, 0.3) is 0 Å². The van der Waals surface area contributed by atoms with E-state index in [1.54, 1.807) is 19.2 Å². The fourth-order valence-corrected chi connectivity index (χ4v) is 1.66. The normalized spacial score (nSPS) is 11.8. The van der Waals surface area contributed by atoms with Crippen molar-refractivity contribution in [2.45, 2.75) is 18.9 Å². The van der Waals surface area contributed by atoms with Gasteiger partial charge < -0.3 is 21.1 Å². The lowest BCUT2D eigenvalue weighted by Crippen LogP contribution is -2.28. The first-order chi connectivity index (χ1) is 9.58. The quantitative estimate of drug-likeness (QED) is 0.668. The Bertz CT molecular complexity index is 441. The molecule has 0 aliphatic rings. The van der Waals surface area contributed by atoms with Gasteiger partial charge in [-0.1, -0.05) is 12.1 Å². The molecule has 2 amide bonds. The number of carbonyl (C=O) groups excluding carboxylic acids is 2. The Balaban J connectivity index is 2.52. The average Bonchev–Trinajstić information content (AvgIpc) is 2.46. The number of hydrogen-bond donors (Lipinski definition) is 3. The van der Waals surface area contributed by atoms with Crippen molar-refractivity contribution in [1.29, 1.82) is 0 Å². The third-order valence-corrected chi connectivity index (χ3v) is 2.89. The number of benzene rings is 1. The van der Waals surface area contributed by atoms with E-state index in [1.807, 2.05) is 12.1 Å². The molecule has 110 valence electrons. The van der Waals surface area contributed by atoms with Gasteiger partial charge in [-0.2, -0.15) is 0 Å². The summed E-state index contributed by atoms with van der Waals surface area (Å²) in [4.78, 5) is 23.0. The number of nitrogens with one attached hydrogen (secondary N) is 2. The lowest BCUT2D eigenvalue weighted by Gasteiger charge is -2.12. The first kappa shape index (κ1) is 16.1. The number of rotatable bonds is 7. The lowest BCUT2D eigenvalue weighted by molar-refractivity contribution is -0.120. The predicted octanol–water partition coefficient (Wildman–Crippen LogP) is 0.277. The molecular formula is C14H21N3O3. The molecule has 1 unspecified atom stereocenters. The second kappa shape index (κ2) is 8.29. The van der Waals surface area contributed by atoms with E-state index in [-0.39, 0.29) is 24.3 Å². The number of anilines is 1. The summed E-state index contributed by atoms with van der Waals surface area (Å²) in [6.07, 6.45) is 0.263. The lowest BCUT2D eigenvalue weighted by atomic mass is 10.1. The summed E-state index contributed by atoms with van der Waals surface area (Å²) in [5.74, 6) is -0.200. The van der Waals surface area contributed by atoms with Crippen LogP contribution in [-0.4, -0.2) is 38.6 Å². The van der Waals surface area contributed by atoms with Gasteiger partial charge in [0.15, 0.2) is 0 Å². The zero-order valence-electron chi connectivity index (χ0n) is 11.8. The fourth-order valence-electron chi connectivity index (χ4n) is 1.66. The summed E-state index contributed by atoms with van der Waals surface area (Å²) in [7, 11) is 3.12. The number of amides is 2. The SMILES string of the molecule is CNC(=O)Cc1ccc(NC(=O)CC(CN)OC)cc1. The average molecular weight is 279 g/mol. The highest BCUT2D eigenvalue weighted by Gasteiger charge is 2.11. The Morgan fingerprint density at radius 2 is 1.90 bits per heavy atom. The van der Waals surface area contributed by atoms with E-state index in [4.69, 9.17) is 10.5 Å². The van der Waals surface area contributed by atoms with Gasteiger partial charge in [-0.3, -0.25) is 9.59 Å². The summed E-state index contributed by atoms with van der Waals surface area (Å²) in [6, 6.07) is 7.14. The molecule has 1 rings (SSSR count). The van der Waals surface area contributed by atoms with Crippen LogP contribution in [0.3, 0.4) is 0 Å². The van der Waals surface area contributed by atoms with Crippen LogP contribution in [0.4, 0.5) is 5.69 Å². The second-order valence-electron chi connectivity index (χ2n) is 4.39. The van der Waals surface area contributed by atoms with Crippen LogP contribution < -0.4 is 16.4 Å². The van der Waals surface area contributed by atoms with Crippen molar-refractivity contribution in [3.63, 3.8) is 0 Å². The number of likely N-dealkylation sites (N-methyl/N-ethyl adjacent to an activating group) is 1. The Kier molecular flexibility index (Phi) is 6.69. The van der Waals surface area contributed by atoms with Gasteiger partial charge in [0.2, 0.25) is 11.8 Å². The van der Waals surface area contributed by atoms with Gasteiger partial charge in [-0.25, -0.2) is 0 Å². The van der Waals surface area contributed by atoms with Gasteiger partial charge in [0.05, 0.1) is 18.9 Å². The molecular weight excluding hydrogens is 258 g/mol. The van der Waals surface area contributed by atoms with Crippen LogP contribution in [0.1, 0.15) is 12.0 Å². The van der Waals surface area contributed by atoms with Crippen LogP contribution >= 0.6 is 0 Å². The third kappa shape index (κ3) is 5.38. The number of methoxy groups -OCH3 is 1. The van der Waals surface area contributed by atoms with Crippen LogP contribution in [0.25, 0.3) is 0 Å². The largest absolute Gasteiger partial charge is 0.380 e. The minimum atomic E-state index is -0.275. The van der Waals surface area contributed by atoms with Gasteiger partial charge in [0.1, 0.15) is 0 Å². The maximum absolute atomic E-state index is 11.7. The Labute approximate surface area is 118 Å². The Morgan fingerprint density at radius 1 is 1.25 bits per heavy atom. The standard InChI is InChI=1S/C14H21N3O3/c1-16-13(18)7-10-3-5-11(6-4-10)17-14(19)8-12(9-15)20-2/h3-6,12H,7-9,15H2,1-2H3,(H,16,18)(H,17,19). The molecule has 0 spiro atoms. The molecule has 0 fully saturated rings. The van der Waals surface area contributed by atoms with Crippen molar-refractivity contribution < 1.29 is 14.3 Å². The van der Waals surface area contributed by atoms with Gasteiger partial charge >= 0.3 is 0 Å². The molecule has 0 saturated carbocycles. The molecule has 0 bridgehead atoms. The smallest absolute Gasteiger partial charge is 0.227 e. The Hall–Kier alpha value is -1.92. The van der Waals surface area contributed by atoms with Crippen molar-refractivity contribution in [1.82, 2.24) is 5.32 Å². The molecule has 6 nitrogen and oxygen atoms in total. The molecule has 1 aromatic carbocycles. The minimum Gasteiger partial charge on any atom is -0.380 e. The molecule has 0 aromatic heterocycles. The summed E-state index contributed by atoms with van der Waals surface area (Å²) in [6.45, 7) is 0.301. The van der Waals surface area contributed by atoms with Crippen molar-refractivity contribution in [2.75, 3.05) is 26.0 Å². The molecule has 0 radical (unpaired) electrons. The van der Waals surface area contributed by atoms with E-state index in [0.29, 0.717) is 18.7 Å². The third-order valence-electron chi connectivity index (χ3n) is 2.89. The molecule has 0 saturated heterocycles. The van der Waals surface area contributed by atoms with E-state index in [2.05, 4.69) is 10.6 Å². The zero-order chi connectivity index (χ0) is 15.0. The van der Waals surface area contributed by atoms with E-state index in [9.17, 15) is 9.59 Å². The predicted molar refractivity (Wildman–Crippen MR) is 77.3 cm³/mol. The molecule has 4 N–H and O–H groups in total. The van der Waals surface area contributed by atoms with Crippen LogP contribution in [0.5, 0.6) is 0 Å². The highest BCUT2D eigenvalue weighted by molar-refractivity contribution is 5.91. The van der Waals surface area contributed by atoms with E-state index in [0.717, 1.165) is 5.56 Å². The van der Waals surface area contributed by atoms with Crippen molar-refractivity contribution >= 4 is 17.5 Å². The monoisotopic (exact) mass is 279 g/mol. The van der Waals surface area contributed by atoms with Gasteiger partial charge in [0, 0.05) is 26.4 Å². The van der Waals surface area contributed by atoms with Crippen LogP contribution in [-0.2, 0) is 20.7 Å². The van der Waals surface area contributed by atoms with Crippen LogP contribution in [0, 0.1) is 0 Å². The molecule has 6 heteroatoms. The summed E-state index contributed by atoms with van der Waals surface area (Å²) in [5.41, 5.74) is 7.03. The maximum atomic E-state index is 11.7. The Morgan fingerprint density at radius 3 is 2.40 bits per heavy atom. The summed E-state index contributed by atoms with van der Waals surface area (Å²) < 4.78 is 5.05. The fraction of sp³-hybridized carbons (Fsp3) is 0.429. The maximum Gasteiger partial charge on any atom is 0.227 e. The summed E-state index contributed by atoms with van der Waals surface area (Å²) in [5, 5.41) is 5.32. The van der Waals surface area contributed by atoms with E-state index < -0.39 is 0 Å². The van der Waals surface area contributed by atoms with E-state index >= 15 is 0 Å². The van der Waals surface area contributed by atoms with Gasteiger partial charge in [-0.15, -0.1) is 0 Å². The molecule has 0 aliphatic heterocycles. The van der Waals surface area contributed by atoms with Crippen molar-refractivity contribution in [3.05, 3.63) is 29.8 Å². The molecule has 0 heterocycles. The minimum absolute atomic E-state index is 0.0485. The molecule has 1 aromatic rings. The molecule has 0 aliphatic carbocycles. The number of nitrogens with two attached hydrogens (primary N) is 1. The number of carbonyl (C=O) groups is 2. The van der Waals surface area contributed by atoms with E-state index in [1.165, 1.54) is 7.11 Å². The van der Waals surface area contributed by atoms with Gasteiger partial charge in [-0.05, 0) is 17.7 Å². The van der Waals surface area contributed by atoms with Crippen molar-refractivity contribution in [3.8, 4) is 0 Å². The van der Waals surface area contributed by atoms with Crippen LogP contribution in [0.2, 0.25) is 0 Å². The zero-order valence-corrected chi connectivity index (χ0v) is 11.8. The number of hydrogen-bond acceptors (Lipinski definition) is 4. The first-order valence-corrected chi connectivity index (χ1v) is 6.41. The second-order valence-corrected chi connectivity index (χ2v) is 4.39.